The lowest BCUT2D eigenvalue weighted by atomic mass is 9.86. The molecule has 3 aromatic rings. The molecule has 0 bridgehead atoms. The topological polar surface area (TPSA) is 101 Å². The minimum absolute atomic E-state index is 0.0652. The standard InChI is InChI=1S/C28H31ClF2N2O6/c1-28(2,3)22(14-34)33-13-18(27(36)37)26(35)17-10-15(21(38-4)12-19(17)33)9-16-11-20(25(31)23(29)24(16)30)32-5-7-39-8-6-32/h10-13,22,34H,5-9,14H2,1-4H3,(H,36,37). The van der Waals surface area contributed by atoms with Crippen LogP contribution in [-0.4, -0.2) is 60.8 Å². The number of rotatable bonds is 7. The number of nitrogens with zero attached hydrogens (tertiary/aromatic N) is 2. The summed E-state index contributed by atoms with van der Waals surface area (Å²) in [6, 6.07) is 3.84. The van der Waals surface area contributed by atoms with Gasteiger partial charge < -0.3 is 29.2 Å². The molecular weight excluding hydrogens is 534 g/mol. The second kappa shape index (κ2) is 11.1. The zero-order valence-electron chi connectivity index (χ0n) is 22.2. The lowest BCUT2D eigenvalue weighted by molar-refractivity contribution is 0.0692. The molecule has 0 radical (unpaired) electrons. The summed E-state index contributed by atoms with van der Waals surface area (Å²) < 4.78 is 42.6. The number of halogens is 3. The van der Waals surface area contributed by atoms with E-state index in [1.54, 1.807) is 15.5 Å². The highest BCUT2D eigenvalue weighted by atomic mass is 35.5. The average Bonchev–Trinajstić information content (AvgIpc) is 2.90. The molecule has 11 heteroatoms. The molecule has 0 saturated carbocycles. The number of benzene rings is 2. The van der Waals surface area contributed by atoms with Gasteiger partial charge in [-0.1, -0.05) is 32.4 Å². The average molecular weight is 565 g/mol. The number of aliphatic hydroxyl groups is 1. The number of aromatic nitrogens is 1. The normalized spacial score (nSPS) is 15.0. The number of methoxy groups -OCH3 is 1. The SMILES string of the molecule is COc1cc2c(cc1Cc1cc(N3CCOCC3)c(F)c(Cl)c1F)c(=O)c(C(=O)O)cn2C(CO)C(C)(C)C. The first-order valence-electron chi connectivity index (χ1n) is 12.5. The number of morpholine rings is 1. The first-order chi connectivity index (χ1) is 18.4. The molecule has 2 N–H and O–H groups in total. The van der Waals surface area contributed by atoms with Crippen molar-refractivity contribution in [2.45, 2.75) is 33.2 Å². The summed E-state index contributed by atoms with van der Waals surface area (Å²) >= 11 is 6.06. The fourth-order valence-corrected chi connectivity index (χ4v) is 5.17. The van der Waals surface area contributed by atoms with E-state index in [1.807, 2.05) is 20.8 Å². The van der Waals surface area contributed by atoms with E-state index in [4.69, 9.17) is 21.1 Å². The third-order valence-corrected chi connectivity index (χ3v) is 7.44. The predicted molar refractivity (Wildman–Crippen MR) is 145 cm³/mol. The van der Waals surface area contributed by atoms with Gasteiger partial charge in [0.15, 0.2) is 5.82 Å². The summed E-state index contributed by atoms with van der Waals surface area (Å²) in [5, 5.41) is 19.4. The number of carboxylic acids is 1. The molecule has 1 fully saturated rings. The van der Waals surface area contributed by atoms with Crippen molar-refractivity contribution >= 4 is 34.2 Å². The Hall–Kier alpha value is -3.21. The maximum atomic E-state index is 15.2. The van der Waals surface area contributed by atoms with Crippen LogP contribution in [0.3, 0.4) is 0 Å². The fourth-order valence-electron chi connectivity index (χ4n) is 4.95. The van der Waals surface area contributed by atoms with Crippen LogP contribution in [0.5, 0.6) is 5.75 Å². The van der Waals surface area contributed by atoms with Crippen molar-refractivity contribution in [1.29, 1.82) is 0 Å². The number of fused-ring (bicyclic) bond motifs is 1. The summed E-state index contributed by atoms with van der Waals surface area (Å²) in [5.41, 5.74) is -0.735. The van der Waals surface area contributed by atoms with Gasteiger partial charge in [0.2, 0.25) is 5.43 Å². The monoisotopic (exact) mass is 564 g/mol. The minimum atomic E-state index is -1.41. The van der Waals surface area contributed by atoms with Crippen molar-refractivity contribution in [2.24, 2.45) is 5.41 Å². The molecule has 8 nitrogen and oxygen atoms in total. The molecule has 0 spiro atoms. The summed E-state index contributed by atoms with van der Waals surface area (Å²) in [5.74, 6) is -2.91. The van der Waals surface area contributed by atoms with Crippen LogP contribution in [0, 0.1) is 17.0 Å². The van der Waals surface area contributed by atoms with E-state index in [2.05, 4.69) is 0 Å². The van der Waals surface area contributed by atoms with Crippen LogP contribution in [0.2, 0.25) is 5.02 Å². The number of ether oxygens (including phenoxy) is 2. The Balaban J connectivity index is 1.93. The van der Waals surface area contributed by atoms with E-state index < -0.39 is 45.1 Å². The first-order valence-corrected chi connectivity index (χ1v) is 12.9. The summed E-state index contributed by atoms with van der Waals surface area (Å²) in [7, 11) is 1.42. The number of pyridine rings is 1. The van der Waals surface area contributed by atoms with Gasteiger partial charge in [-0.25, -0.2) is 13.6 Å². The molecular formula is C28H31ClF2N2O6. The number of aromatic carboxylic acids is 1. The third kappa shape index (κ3) is 5.46. The van der Waals surface area contributed by atoms with Gasteiger partial charge in [-0.2, -0.15) is 0 Å². The number of hydrogen-bond acceptors (Lipinski definition) is 6. The zero-order chi connectivity index (χ0) is 28.6. The molecule has 1 saturated heterocycles. The molecule has 2 aromatic carbocycles. The molecule has 1 atom stereocenters. The van der Waals surface area contributed by atoms with Crippen molar-refractivity contribution in [3.05, 3.63) is 68.0 Å². The van der Waals surface area contributed by atoms with Crippen molar-refractivity contribution in [3.8, 4) is 5.75 Å². The lowest BCUT2D eigenvalue weighted by Crippen LogP contribution is -2.37. The van der Waals surface area contributed by atoms with Crippen LogP contribution in [0.4, 0.5) is 14.5 Å². The van der Waals surface area contributed by atoms with Gasteiger partial charge in [0.25, 0.3) is 0 Å². The second-order valence-corrected chi connectivity index (χ2v) is 11.0. The minimum Gasteiger partial charge on any atom is -0.496 e. The van der Waals surface area contributed by atoms with Gasteiger partial charge >= 0.3 is 5.97 Å². The summed E-state index contributed by atoms with van der Waals surface area (Å²) in [6.45, 7) is 6.96. The molecule has 39 heavy (non-hydrogen) atoms. The van der Waals surface area contributed by atoms with Crippen molar-refractivity contribution < 1.29 is 33.3 Å². The highest BCUT2D eigenvalue weighted by Crippen LogP contribution is 2.37. The Labute approximate surface area is 229 Å². The number of anilines is 1. The predicted octanol–water partition coefficient (Wildman–Crippen LogP) is 4.65. The van der Waals surface area contributed by atoms with Crippen molar-refractivity contribution in [2.75, 3.05) is 44.9 Å². The van der Waals surface area contributed by atoms with Crippen LogP contribution >= 0.6 is 11.6 Å². The van der Waals surface area contributed by atoms with Crippen LogP contribution in [0.1, 0.15) is 48.3 Å². The highest BCUT2D eigenvalue weighted by molar-refractivity contribution is 6.31. The molecule has 0 aliphatic carbocycles. The van der Waals surface area contributed by atoms with Gasteiger partial charge in [0.05, 0.1) is 44.2 Å². The quantitative estimate of drug-likeness (QED) is 0.403. The summed E-state index contributed by atoms with van der Waals surface area (Å²) in [4.78, 5) is 26.9. The Bertz CT molecular complexity index is 1480. The van der Waals surface area contributed by atoms with Crippen molar-refractivity contribution in [1.82, 2.24) is 4.57 Å². The highest BCUT2D eigenvalue weighted by Gasteiger charge is 2.29. The van der Waals surface area contributed by atoms with E-state index in [1.165, 1.54) is 25.4 Å². The molecule has 0 amide bonds. The summed E-state index contributed by atoms with van der Waals surface area (Å²) in [6.07, 6.45) is 1.12. The lowest BCUT2D eigenvalue weighted by Gasteiger charge is -2.33. The third-order valence-electron chi connectivity index (χ3n) is 7.11. The van der Waals surface area contributed by atoms with Gasteiger partial charge in [-0.05, 0) is 28.7 Å². The van der Waals surface area contributed by atoms with E-state index >= 15 is 4.39 Å². The molecule has 4 rings (SSSR count). The molecule has 1 aliphatic rings. The molecule has 1 unspecified atom stereocenters. The fraction of sp³-hybridized carbons (Fsp3) is 0.429. The maximum absolute atomic E-state index is 15.2. The van der Waals surface area contributed by atoms with E-state index in [0.717, 1.165) is 0 Å². The van der Waals surface area contributed by atoms with Gasteiger partial charge in [-0.15, -0.1) is 0 Å². The van der Waals surface area contributed by atoms with E-state index in [0.29, 0.717) is 43.1 Å². The van der Waals surface area contributed by atoms with Gasteiger partial charge in [-0.3, -0.25) is 4.79 Å². The van der Waals surface area contributed by atoms with Crippen LogP contribution in [-0.2, 0) is 11.2 Å². The Morgan fingerprint density at radius 2 is 1.82 bits per heavy atom. The van der Waals surface area contributed by atoms with Crippen molar-refractivity contribution in [3.63, 3.8) is 0 Å². The molecule has 210 valence electrons. The van der Waals surface area contributed by atoms with E-state index in [-0.39, 0.29) is 29.7 Å². The van der Waals surface area contributed by atoms with Gasteiger partial charge in [0, 0.05) is 37.2 Å². The molecule has 1 aromatic heterocycles. The zero-order valence-corrected chi connectivity index (χ0v) is 22.9. The smallest absolute Gasteiger partial charge is 0.341 e. The number of carboxylic acid groups (broad SMARTS) is 1. The van der Waals surface area contributed by atoms with E-state index in [9.17, 15) is 24.2 Å². The number of hydrogen-bond donors (Lipinski definition) is 2. The molecule has 2 heterocycles. The first kappa shape index (κ1) is 28.8. The van der Waals surface area contributed by atoms with Gasteiger partial charge in [0.1, 0.15) is 22.2 Å². The Morgan fingerprint density at radius 1 is 1.15 bits per heavy atom. The van der Waals surface area contributed by atoms with Crippen LogP contribution < -0.4 is 15.1 Å². The Kier molecular flexibility index (Phi) is 8.20. The Morgan fingerprint density at radius 3 is 2.38 bits per heavy atom. The van der Waals surface area contributed by atoms with Crippen LogP contribution in [0.15, 0.2) is 29.2 Å². The number of carbonyl (C=O) groups is 1. The molecule has 1 aliphatic heterocycles. The second-order valence-electron chi connectivity index (χ2n) is 10.6. The maximum Gasteiger partial charge on any atom is 0.341 e. The number of aliphatic hydroxyl groups excluding tert-OH is 1. The van der Waals surface area contributed by atoms with Crippen LogP contribution in [0.25, 0.3) is 10.9 Å². The largest absolute Gasteiger partial charge is 0.496 e.